The van der Waals surface area contributed by atoms with E-state index >= 15 is 0 Å². The molecule has 0 aliphatic rings. The molecule has 78 valence electrons. The second kappa shape index (κ2) is 4.47. The van der Waals surface area contributed by atoms with Gasteiger partial charge < -0.3 is 5.73 Å². The number of rotatable bonds is 2. The van der Waals surface area contributed by atoms with Crippen LogP contribution in [0.1, 0.15) is 22.0 Å². The third kappa shape index (κ3) is 2.14. The molecule has 2 aromatic rings. The fraction of sp³-hybridized carbons (Fsp3) is 0.167. The van der Waals surface area contributed by atoms with Gasteiger partial charge in [0, 0.05) is 9.35 Å². The summed E-state index contributed by atoms with van der Waals surface area (Å²) in [4.78, 5) is 1.20. The van der Waals surface area contributed by atoms with Gasteiger partial charge in [-0.1, -0.05) is 40.2 Å². The van der Waals surface area contributed by atoms with Crippen LogP contribution in [0.25, 0.3) is 0 Å². The SMILES string of the molecule is Cc1cccc(C(N)c2cccs2)c1Br. The predicted octanol–water partition coefficient (Wildman–Crippen LogP) is 3.87. The van der Waals surface area contributed by atoms with Crippen molar-refractivity contribution in [3.05, 3.63) is 56.2 Å². The van der Waals surface area contributed by atoms with E-state index in [2.05, 4.69) is 46.4 Å². The smallest absolute Gasteiger partial charge is 0.0657 e. The molecule has 2 rings (SSSR count). The monoisotopic (exact) mass is 281 g/mol. The van der Waals surface area contributed by atoms with Crippen molar-refractivity contribution in [2.75, 3.05) is 0 Å². The summed E-state index contributed by atoms with van der Waals surface area (Å²) in [7, 11) is 0. The van der Waals surface area contributed by atoms with Crippen LogP contribution in [0, 0.1) is 6.92 Å². The van der Waals surface area contributed by atoms with Gasteiger partial charge in [0.25, 0.3) is 0 Å². The Hall–Kier alpha value is -0.640. The van der Waals surface area contributed by atoms with Crippen molar-refractivity contribution in [1.82, 2.24) is 0 Å². The average molecular weight is 282 g/mol. The van der Waals surface area contributed by atoms with Gasteiger partial charge in [0.15, 0.2) is 0 Å². The maximum Gasteiger partial charge on any atom is 0.0657 e. The summed E-state index contributed by atoms with van der Waals surface area (Å²) in [5.74, 6) is 0. The van der Waals surface area contributed by atoms with Crippen molar-refractivity contribution in [3.8, 4) is 0 Å². The highest BCUT2D eigenvalue weighted by Crippen LogP contribution is 2.30. The van der Waals surface area contributed by atoms with Gasteiger partial charge in [-0.3, -0.25) is 0 Å². The standard InChI is InChI=1S/C12H12BrNS/c1-8-4-2-5-9(11(8)13)12(14)10-6-3-7-15-10/h2-7,12H,14H2,1H3. The first kappa shape index (κ1) is 10.9. The van der Waals surface area contributed by atoms with Gasteiger partial charge in [0.2, 0.25) is 0 Å². The summed E-state index contributed by atoms with van der Waals surface area (Å²) in [6.07, 6.45) is 0. The predicted molar refractivity (Wildman–Crippen MR) is 69.2 cm³/mol. The van der Waals surface area contributed by atoms with E-state index in [4.69, 9.17) is 5.73 Å². The van der Waals surface area contributed by atoms with Crippen LogP contribution in [0.5, 0.6) is 0 Å². The number of benzene rings is 1. The molecule has 0 bridgehead atoms. The normalized spacial score (nSPS) is 12.7. The Bertz CT molecular complexity index is 451. The molecule has 1 atom stereocenters. The van der Waals surface area contributed by atoms with Crippen molar-refractivity contribution >= 4 is 27.3 Å². The molecule has 0 saturated carbocycles. The lowest BCUT2D eigenvalue weighted by molar-refractivity contribution is 0.885. The lowest BCUT2D eigenvalue weighted by Gasteiger charge is -2.13. The quantitative estimate of drug-likeness (QED) is 0.889. The molecule has 0 fully saturated rings. The molecular formula is C12H12BrNS. The summed E-state index contributed by atoms with van der Waals surface area (Å²) in [6, 6.07) is 10.3. The maximum absolute atomic E-state index is 6.21. The van der Waals surface area contributed by atoms with Crippen LogP contribution in [0.15, 0.2) is 40.2 Å². The summed E-state index contributed by atoms with van der Waals surface area (Å²) in [5, 5.41) is 2.05. The van der Waals surface area contributed by atoms with E-state index in [0.717, 1.165) is 10.0 Å². The zero-order valence-electron chi connectivity index (χ0n) is 8.41. The van der Waals surface area contributed by atoms with E-state index in [1.165, 1.54) is 10.4 Å². The van der Waals surface area contributed by atoms with Crippen LogP contribution in [0.3, 0.4) is 0 Å². The molecule has 15 heavy (non-hydrogen) atoms. The first-order valence-electron chi connectivity index (χ1n) is 4.74. The number of nitrogens with two attached hydrogens (primary N) is 1. The number of hydrogen-bond donors (Lipinski definition) is 1. The highest BCUT2D eigenvalue weighted by atomic mass is 79.9. The maximum atomic E-state index is 6.21. The Morgan fingerprint density at radius 3 is 2.73 bits per heavy atom. The molecular weight excluding hydrogens is 270 g/mol. The largest absolute Gasteiger partial charge is 0.320 e. The van der Waals surface area contributed by atoms with Crippen LogP contribution in [0.4, 0.5) is 0 Å². The highest BCUT2D eigenvalue weighted by Gasteiger charge is 2.13. The summed E-state index contributed by atoms with van der Waals surface area (Å²) in [6.45, 7) is 2.08. The number of hydrogen-bond acceptors (Lipinski definition) is 2. The van der Waals surface area contributed by atoms with Crippen LogP contribution >= 0.6 is 27.3 Å². The van der Waals surface area contributed by atoms with Crippen molar-refractivity contribution in [2.45, 2.75) is 13.0 Å². The highest BCUT2D eigenvalue weighted by molar-refractivity contribution is 9.10. The molecule has 0 spiro atoms. The Morgan fingerprint density at radius 1 is 1.27 bits per heavy atom. The Morgan fingerprint density at radius 2 is 2.07 bits per heavy atom. The molecule has 1 aromatic heterocycles. The van der Waals surface area contributed by atoms with Gasteiger partial charge in [-0.05, 0) is 29.5 Å². The van der Waals surface area contributed by atoms with Gasteiger partial charge in [0.05, 0.1) is 6.04 Å². The second-order valence-corrected chi connectivity index (χ2v) is 5.24. The molecule has 2 N–H and O–H groups in total. The van der Waals surface area contributed by atoms with Crippen LogP contribution in [-0.2, 0) is 0 Å². The summed E-state index contributed by atoms with van der Waals surface area (Å²) < 4.78 is 1.12. The average Bonchev–Trinajstić information content (AvgIpc) is 2.74. The minimum absolute atomic E-state index is 0.0284. The molecule has 1 unspecified atom stereocenters. The third-order valence-electron chi connectivity index (χ3n) is 2.41. The van der Waals surface area contributed by atoms with Gasteiger partial charge in [-0.2, -0.15) is 0 Å². The first-order valence-corrected chi connectivity index (χ1v) is 6.41. The molecule has 0 amide bonds. The van der Waals surface area contributed by atoms with Gasteiger partial charge in [0.1, 0.15) is 0 Å². The topological polar surface area (TPSA) is 26.0 Å². The van der Waals surface area contributed by atoms with Crippen LogP contribution in [-0.4, -0.2) is 0 Å². The molecule has 0 aliphatic heterocycles. The lowest BCUT2D eigenvalue weighted by atomic mass is 10.0. The number of aryl methyl sites for hydroxylation is 1. The Balaban J connectivity index is 2.42. The van der Waals surface area contributed by atoms with Crippen molar-refractivity contribution in [2.24, 2.45) is 5.73 Å². The lowest BCUT2D eigenvalue weighted by Crippen LogP contribution is -2.11. The van der Waals surface area contributed by atoms with Gasteiger partial charge in [-0.15, -0.1) is 11.3 Å². The molecule has 0 radical (unpaired) electrons. The zero-order valence-corrected chi connectivity index (χ0v) is 10.8. The molecule has 1 aromatic carbocycles. The fourth-order valence-corrected chi connectivity index (χ4v) is 2.79. The van der Waals surface area contributed by atoms with E-state index in [9.17, 15) is 0 Å². The van der Waals surface area contributed by atoms with Crippen molar-refractivity contribution in [1.29, 1.82) is 0 Å². The van der Waals surface area contributed by atoms with Crippen LogP contribution < -0.4 is 5.73 Å². The number of thiophene rings is 1. The minimum atomic E-state index is -0.0284. The Labute approximate surface area is 102 Å². The fourth-order valence-electron chi connectivity index (χ4n) is 1.53. The van der Waals surface area contributed by atoms with Crippen LogP contribution in [0.2, 0.25) is 0 Å². The van der Waals surface area contributed by atoms with E-state index in [1.807, 2.05) is 12.1 Å². The number of halogens is 1. The van der Waals surface area contributed by atoms with E-state index < -0.39 is 0 Å². The molecule has 1 nitrogen and oxygen atoms in total. The summed E-state index contributed by atoms with van der Waals surface area (Å²) in [5.41, 5.74) is 8.58. The van der Waals surface area contributed by atoms with Crippen molar-refractivity contribution in [3.63, 3.8) is 0 Å². The van der Waals surface area contributed by atoms with Crippen molar-refractivity contribution < 1.29 is 0 Å². The molecule has 1 heterocycles. The van der Waals surface area contributed by atoms with E-state index in [1.54, 1.807) is 11.3 Å². The third-order valence-corrected chi connectivity index (χ3v) is 4.45. The molecule has 3 heteroatoms. The molecule has 0 aliphatic carbocycles. The zero-order chi connectivity index (χ0) is 10.8. The molecule has 0 saturated heterocycles. The van der Waals surface area contributed by atoms with Gasteiger partial charge in [-0.25, -0.2) is 0 Å². The van der Waals surface area contributed by atoms with E-state index in [0.29, 0.717) is 0 Å². The minimum Gasteiger partial charge on any atom is -0.320 e. The Kier molecular flexibility index (Phi) is 3.24. The second-order valence-electron chi connectivity index (χ2n) is 3.47. The summed E-state index contributed by atoms with van der Waals surface area (Å²) >= 11 is 5.29. The van der Waals surface area contributed by atoms with E-state index in [-0.39, 0.29) is 6.04 Å². The van der Waals surface area contributed by atoms with Gasteiger partial charge >= 0.3 is 0 Å². The first-order chi connectivity index (χ1) is 7.20.